The molecule has 0 radical (unpaired) electrons. The fraction of sp³-hybridized carbons (Fsp3) is 0.722. The zero-order valence-electron chi connectivity index (χ0n) is 16.1. The van der Waals surface area contributed by atoms with Crippen molar-refractivity contribution in [3.63, 3.8) is 0 Å². The van der Waals surface area contributed by atoms with Crippen molar-refractivity contribution in [2.75, 3.05) is 13.7 Å². The Bertz CT molecular complexity index is 615. The van der Waals surface area contributed by atoms with Gasteiger partial charge in [-0.1, -0.05) is 0 Å². The number of carbonyl (C=O) groups is 1. The van der Waals surface area contributed by atoms with Crippen LogP contribution in [-0.4, -0.2) is 41.4 Å². The summed E-state index contributed by atoms with van der Waals surface area (Å²) in [6, 6.07) is 0.341. The van der Waals surface area contributed by atoms with Gasteiger partial charge in [0.25, 0.3) is 0 Å². The molecule has 0 aliphatic heterocycles. The van der Waals surface area contributed by atoms with E-state index in [1.54, 1.807) is 7.05 Å². The predicted octanol–water partition coefficient (Wildman–Crippen LogP) is 1.82. The van der Waals surface area contributed by atoms with Gasteiger partial charge in [0, 0.05) is 37.9 Å². The molecule has 25 heavy (non-hydrogen) atoms. The molecule has 0 atom stereocenters. The van der Waals surface area contributed by atoms with Gasteiger partial charge in [0.1, 0.15) is 0 Å². The highest BCUT2D eigenvalue weighted by Gasteiger charge is 2.27. The quantitative estimate of drug-likeness (QED) is 0.481. The Morgan fingerprint density at radius 3 is 2.52 bits per heavy atom. The molecule has 2 N–H and O–H groups in total. The second kappa shape index (κ2) is 8.87. The van der Waals surface area contributed by atoms with Crippen LogP contribution < -0.4 is 10.6 Å². The number of hydrogen-bond acceptors (Lipinski definition) is 4. The van der Waals surface area contributed by atoms with E-state index in [0.717, 1.165) is 43.0 Å². The molecule has 1 heterocycles. The number of aromatic nitrogens is 2. The standard InChI is InChI=1S/C18H31N5O2/c1-6-25-17(24)14-7-9-15(10-8-14)21-18(19-4)20-11-16-12(2)22-23(5)13(16)3/h14-15H,6-11H2,1-5H3,(H2,19,20,21). The van der Waals surface area contributed by atoms with Crippen LogP contribution in [0.4, 0.5) is 0 Å². The van der Waals surface area contributed by atoms with Crippen molar-refractivity contribution in [3.05, 3.63) is 17.0 Å². The van der Waals surface area contributed by atoms with Crippen LogP contribution in [0.1, 0.15) is 49.6 Å². The van der Waals surface area contributed by atoms with E-state index in [0.29, 0.717) is 19.2 Å². The van der Waals surface area contributed by atoms with Crippen LogP contribution >= 0.6 is 0 Å². The molecule has 0 aromatic carbocycles. The van der Waals surface area contributed by atoms with Gasteiger partial charge in [0.15, 0.2) is 5.96 Å². The lowest BCUT2D eigenvalue weighted by atomic mass is 9.86. The van der Waals surface area contributed by atoms with Gasteiger partial charge in [0.05, 0.1) is 18.2 Å². The number of rotatable bonds is 5. The van der Waals surface area contributed by atoms with Crippen molar-refractivity contribution in [1.82, 2.24) is 20.4 Å². The molecule has 1 aromatic heterocycles. The lowest BCUT2D eigenvalue weighted by molar-refractivity contribution is -0.149. The summed E-state index contributed by atoms with van der Waals surface area (Å²) in [5.41, 5.74) is 3.41. The van der Waals surface area contributed by atoms with Crippen LogP contribution in [0.25, 0.3) is 0 Å². The van der Waals surface area contributed by atoms with Gasteiger partial charge in [-0.2, -0.15) is 5.10 Å². The van der Waals surface area contributed by atoms with E-state index in [4.69, 9.17) is 4.74 Å². The van der Waals surface area contributed by atoms with E-state index in [2.05, 4.69) is 27.6 Å². The molecular formula is C18H31N5O2. The number of guanidine groups is 1. The van der Waals surface area contributed by atoms with Gasteiger partial charge in [-0.05, 0) is 46.5 Å². The summed E-state index contributed by atoms with van der Waals surface area (Å²) in [6.07, 6.45) is 3.65. The summed E-state index contributed by atoms with van der Waals surface area (Å²) in [5.74, 6) is 0.793. The maximum atomic E-state index is 11.8. The molecule has 0 amide bonds. The summed E-state index contributed by atoms with van der Waals surface area (Å²) < 4.78 is 7.03. The van der Waals surface area contributed by atoms with Crippen LogP contribution in [0.2, 0.25) is 0 Å². The van der Waals surface area contributed by atoms with E-state index >= 15 is 0 Å². The number of esters is 1. The van der Waals surface area contributed by atoms with Crippen LogP contribution in [-0.2, 0) is 23.1 Å². The maximum absolute atomic E-state index is 11.8. The Morgan fingerprint density at radius 2 is 2.00 bits per heavy atom. The van der Waals surface area contributed by atoms with E-state index in [1.807, 2.05) is 25.6 Å². The van der Waals surface area contributed by atoms with E-state index < -0.39 is 0 Å². The van der Waals surface area contributed by atoms with Crippen molar-refractivity contribution >= 4 is 11.9 Å². The first kappa shape index (κ1) is 19.3. The number of aliphatic imine (C=N–C) groups is 1. The first-order chi connectivity index (χ1) is 12.0. The van der Waals surface area contributed by atoms with Crippen molar-refractivity contribution in [2.45, 2.75) is 59.0 Å². The lowest BCUT2D eigenvalue weighted by Crippen LogP contribution is -2.45. The summed E-state index contributed by atoms with van der Waals surface area (Å²) in [5, 5.41) is 11.3. The van der Waals surface area contributed by atoms with Crippen molar-refractivity contribution < 1.29 is 9.53 Å². The molecule has 0 spiro atoms. The highest BCUT2D eigenvalue weighted by molar-refractivity contribution is 5.80. The first-order valence-electron chi connectivity index (χ1n) is 9.09. The van der Waals surface area contributed by atoms with Crippen molar-refractivity contribution in [3.8, 4) is 0 Å². The molecule has 7 nitrogen and oxygen atoms in total. The molecule has 1 fully saturated rings. The van der Waals surface area contributed by atoms with Crippen LogP contribution in [0.15, 0.2) is 4.99 Å². The topological polar surface area (TPSA) is 80.5 Å². The molecule has 0 bridgehead atoms. The van der Waals surface area contributed by atoms with E-state index in [-0.39, 0.29) is 11.9 Å². The lowest BCUT2D eigenvalue weighted by Gasteiger charge is -2.29. The first-order valence-corrected chi connectivity index (χ1v) is 9.09. The third-order valence-electron chi connectivity index (χ3n) is 5.00. The minimum absolute atomic E-state index is 0.0497. The number of nitrogens with one attached hydrogen (secondary N) is 2. The fourth-order valence-corrected chi connectivity index (χ4v) is 3.37. The molecule has 0 unspecified atom stereocenters. The molecule has 0 saturated heterocycles. The van der Waals surface area contributed by atoms with Gasteiger partial charge in [-0.15, -0.1) is 0 Å². The molecule has 1 saturated carbocycles. The van der Waals surface area contributed by atoms with Gasteiger partial charge in [0.2, 0.25) is 0 Å². The third-order valence-corrected chi connectivity index (χ3v) is 5.00. The molecule has 1 aromatic rings. The Morgan fingerprint density at radius 1 is 1.32 bits per heavy atom. The summed E-state index contributed by atoms with van der Waals surface area (Å²) in [7, 11) is 3.74. The zero-order chi connectivity index (χ0) is 18.4. The van der Waals surface area contributed by atoms with Gasteiger partial charge >= 0.3 is 5.97 Å². The average molecular weight is 349 g/mol. The fourth-order valence-electron chi connectivity index (χ4n) is 3.37. The number of hydrogen-bond donors (Lipinski definition) is 2. The smallest absolute Gasteiger partial charge is 0.308 e. The number of aryl methyl sites for hydroxylation is 2. The van der Waals surface area contributed by atoms with Crippen LogP contribution in [0.3, 0.4) is 0 Å². The van der Waals surface area contributed by atoms with Crippen molar-refractivity contribution in [1.29, 1.82) is 0 Å². The molecular weight excluding hydrogens is 318 g/mol. The molecule has 7 heteroatoms. The second-order valence-electron chi connectivity index (χ2n) is 6.64. The SMILES string of the molecule is CCOC(=O)C1CCC(NC(=NC)NCc2c(C)nn(C)c2C)CC1. The van der Waals surface area contributed by atoms with Gasteiger partial charge in [-0.3, -0.25) is 14.5 Å². The molecule has 2 rings (SSSR count). The third kappa shape index (κ3) is 4.96. The normalized spacial score (nSPS) is 21.1. The molecule has 140 valence electrons. The predicted molar refractivity (Wildman–Crippen MR) is 98.4 cm³/mol. The Hall–Kier alpha value is -2.05. The summed E-state index contributed by atoms with van der Waals surface area (Å²) in [6.45, 7) is 7.11. The Labute approximate surface area is 150 Å². The average Bonchev–Trinajstić information content (AvgIpc) is 2.84. The van der Waals surface area contributed by atoms with E-state index in [1.165, 1.54) is 5.56 Å². The summed E-state index contributed by atoms with van der Waals surface area (Å²) in [4.78, 5) is 16.1. The maximum Gasteiger partial charge on any atom is 0.308 e. The summed E-state index contributed by atoms with van der Waals surface area (Å²) >= 11 is 0. The number of nitrogens with zero attached hydrogens (tertiary/aromatic N) is 3. The highest BCUT2D eigenvalue weighted by Crippen LogP contribution is 2.25. The monoisotopic (exact) mass is 349 g/mol. The minimum Gasteiger partial charge on any atom is -0.466 e. The van der Waals surface area contributed by atoms with Gasteiger partial charge < -0.3 is 15.4 Å². The minimum atomic E-state index is -0.0500. The van der Waals surface area contributed by atoms with Gasteiger partial charge in [-0.25, -0.2) is 0 Å². The molecule has 1 aliphatic carbocycles. The zero-order valence-corrected chi connectivity index (χ0v) is 16.1. The Kier molecular flexibility index (Phi) is 6.84. The Balaban J connectivity index is 1.82. The second-order valence-corrected chi connectivity index (χ2v) is 6.64. The highest BCUT2D eigenvalue weighted by atomic mass is 16.5. The van der Waals surface area contributed by atoms with Crippen LogP contribution in [0, 0.1) is 19.8 Å². The number of carbonyl (C=O) groups excluding carboxylic acids is 1. The van der Waals surface area contributed by atoms with Crippen molar-refractivity contribution in [2.24, 2.45) is 18.0 Å². The number of ether oxygens (including phenoxy) is 1. The van der Waals surface area contributed by atoms with E-state index in [9.17, 15) is 4.79 Å². The molecule has 1 aliphatic rings. The largest absolute Gasteiger partial charge is 0.466 e. The van der Waals surface area contributed by atoms with Crippen LogP contribution in [0.5, 0.6) is 0 Å².